The van der Waals surface area contributed by atoms with Gasteiger partial charge in [-0.15, -0.1) is 0 Å². The number of non-ortho nitro benzene ring substituents is 1. The van der Waals surface area contributed by atoms with E-state index in [4.69, 9.17) is 9.47 Å². The van der Waals surface area contributed by atoms with Crippen molar-refractivity contribution in [3.63, 3.8) is 0 Å². The smallest absolute Gasteiger partial charge is 0.349 e. The highest BCUT2D eigenvalue weighted by Crippen LogP contribution is 2.30. The quantitative estimate of drug-likeness (QED) is 0.239. The van der Waals surface area contributed by atoms with Crippen LogP contribution in [-0.4, -0.2) is 17.5 Å². The lowest BCUT2D eigenvalue weighted by atomic mass is 10.1. The van der Waals surface area contributed by atoms with Crippen molar-refractivity contribution in [3.8, 4) is 22.6 Å². The molecule has 0 radical (unpaired) electrons. The zero-order valence-electron chi connectivity index (χ0n) is 14.0. The lowest BCUT2D eigenvalue weighted by molar-refractivity contribution is -0.384. The second-order valence-electron chi connectivity index (χ2n) is 5.52. The fraction of sp³-hybridized carbons (Fsp3) is 0.0500. The van der Waals surface area contributed by atoms with E-state index in [0.29, 0.717) is 10.2 Å². The highest BCUT2D eigenvalue weighted by molar-refractivity contribution is 9.10. The van der Waals surface area contributed by atoms with Crippen LogP contribution in [0.25, 0.3) is 11.1 Å². The molecule has 3 aromatic carbocycles. The Kier molecular flexibility index (Phi) is 5.83. The minimum atomic E-state index is -0.608. The molecule has 0 N–H and O–H groups in total. The van der Waals surface area contributed by atoms with Gasteiger partial charge in [0.1, 0.15) is 11.5 Å². The molecule has 0 atom stereocenters. The Morgan fingerprint density at radius 1 is 0.963 bits per heavy atom. The first kappa shape index (κ1) is 18.6. The van der Waals surface area contributed by atoms with Crippen molar-refractivity contribution >= 4 is 27.6 Å². The van der Waals surface area contributed by atoms with Crippen LogP contribution in [0.3, 0.4) is 0 Å². The first-order chi connectivity index (χ1) is 13.0. The SMILES string of the molecule is O=C(COc1ccc(-c2ccccc2)cc1Br)Oc1ccc([N+](=O)[O-])cc1. The molecule has 0 amide bonds. The summed E-state index contributed by atoms with van der Waals surface area (Å²) in [6.45, 7) is -0.291. The van der Waals surface area contributed by atoms with Crippen molar-refractivity contribution in [2.75, 3.05) is 6.61 Å². The van der Waals surface area contributed by atoms with Crippen LogP contribution in [0.1, 0.15) is 0 Å². The van der Waals surface area contributed by atoms with Crippen LogP contribution in [0.15, 0.2) is 77.3 Å². The number of nitro groups is 1. The lowest BCUT2D eigenvalue weighted by Crippen LogP contribution is -2.17. The molecular formula is C20H14BrNO5. The molecule has 0 fully saturated rings. The molecule has 0 unspecified atom stereocenters. The third-order valence-electron chi connectivity index (χ3n) is 3.66. The summed E-state index contributed by atoms with van der Waals surface area (Å²) >= 11 is 3.44. The van der Waals surface area contributed by atoms with Crippen LogP contribution in [0.4, 0.5) is 5.69 Å². The van der Waals surface area contributed by atoms with E-state index in [-0.39, 0.29) is 18.0 Å². The van der Waals surface area contributed by atoms with Crippen LogP contribution in [0, 0.1) is 10.1 Å². The molecule has 0 aromatic heterocycles. The van der Waals surface area contributed by atoms with E-state index in [1.807, 2.05) is 42.5 Å². The van der Waals surface area contributed by atoms with E-state index in [9.17, 15) is 14.9 Å². The van der Waals surface area contributed by atoms with Crippen molar-refractivity contribution in [1.29, 1.82) is 0 Å². The number of carbonyl (C=O) groups excluding carboxylic acids is 1. The second kappa shape index (κ2) is 8.46. The maximum Gasteiger partial charge on any atom is 0.349 e. The molecule has 0 saturated heterocycles. The highest BCUT2D eigenvalue weighted by atomic mass is 79.9. The molecule has 27 heavy (non-hydrogen) atoms. The molecular weight excluding hydrogens is 414 g/mol. The minimum Gasteiger partial charge on any atom is -0.481 e. The zero-order chi connectivity index (χ0) is 19.2. The van der Waals surface area contributed by atoms with E-state index in [1.165, 1.54) is 24.3 Å². The van der Waals surface area contributed by atoms with Crippen LogP contribution in [0.2, 0.25) is 0 Å². The summed E-state index contributed by atoms with van der Waals surface area (Å²) in [5.41, 5.74) is 2.01. The normalized spacial score (nSPS) is 10.3. The summed E-state index contributed by atoms with van der Waals surface area (Å²) in [4.78, 5) is 22.0. The predicted molar refractivity (Wildman–Crippen MR) is 104 cm³/mol. The molecule has 0 aliphatic rings. The summed E-state index contributed by atoms with van der Waals surface area (Å²) in [6.07, 6.45) is 0. The average molecular weight is 428 g/mol. The van der Waals surface area contributed by atoms with Crippen LogP contribution >= 0.6 is 15.9 Å². The standard InChI is InChI=1S/C20H14BrNO5/c21-18-12-15(14-4-2-1-3-5-14)6-11-19(18)26-13-20(23)27-17-9-7-16(8-10-17)22(24)25/h1-12H,13H2. The van der Waals surface area contributed by atoms with Gasteiger partial charge in [-0.2, -0.15) is 0 Å². The fourth-order valence-corrected chi connectivity index (χ4v) is 2.85. The van der Waals surface area contributed by atoms with Gasteiger partial charge >= 0.3 is 5.97 Å². The first-order valence-electron chi connectivity index (χ1n) is 7.96. The van der Waals surface area contributed by atoms with Crippen LogP contribution in [0.5, 0.6) is 11.5 Å². The van der Waals surface area contributed by atoms with Gasteiger partial charge in [0.2, 0.25) is 0 Å². The third kappa shape index (κ3) is 4.92. The lowest BCUT2D eigenvalue weighted by Gasteiger charge is -2.10. The number of ether oxygens (including phenoxy) is 2. The molecule has 0 heterocycles. The molecule has 0 saturated carbocycles. The molecule has 3 rings (SSSR count). The molecule has 6 nitrogen and oxygen atoms in total. The van der Waals surface area contributed by atoms with Gasteiger partial charge in [-0.05, 0) is 51.3 Å². The summed E-state index contributed by atoms with van der Waals surface area (Å²) < 4.78 is 11.3. The summed E-state index contributed by atoms with van der Waals surface area (Å²) in [5, 5.41) is 10.6. The molecule has 0 spiro atoms. The number of halogens is 1. The van der Waals surface area contributed by atoms with Crippen molar-refractivity contribution < 1.29 is 19.2 Å². The molecule has 0 aliphatic heterocycles. The van der Waals surface area contributed by atoms with Gasteiger partial charge in [-0.3, -0.25) is 10.1 Å². The average Bonchev–Trinajstić information content (AvgIpc) is 2.68. The van der Waals surface area contributed by atoms with E-state index in [0.717, 1.165) is 11.1 Å². The third-order valence-corrected chi connectivity index (χ3v) is 4.28. The Morgan fingerprint density at radius 2 is 1.67 bits per heavy atom. The van der Waals surface area contributed by atoms with E-state index in [2.05, 4.69) is 15.9 Å². The number of benzene rings is 3. The van der Waals surface area contributed by atoms with Crippen molar-refractivity contribution in [1.82, 2.24) is 0 Å². The van der Waals surface area contributed by atoms with Crippen LogP contribution in [-0.2, 0) is 4.79 Å². The van der Waals surface area contributed by atoms with Gasteiger partial charge in [0, 0.05) is 12.1 Å². The number of nitrogens with zero attached hydrogens (tertiary/aromatic N) is 1. The van der Waals surface area contributed by atoms with Crippen molar-refractivity contribution in [2.24, 2.45) is 0 Å². The molecule has 136 valence electrons. The number of esters is 1. The monoisotopic (exact) mass is 427 g/mol. The second-order valence-corrected chi connectivity index (χ2v) is 6.38. The van der Waals surface area contributed by atoms with Gasteiger partial charge in [0.25, 0.3) is 5.69 Å². The Bertz CT molecular complexity index is 958. The number of nitro benzene ring substituents is 1. The van der Waals surface area contributed by atoms with Gasteiger partial charge in [0.05, 0.1) is 9.40 Å². The predicted octanol–water partition coefficient (Wildman–Crippen LogP) is 5.01. The van der Waals surface area contributed by atoms with Gasteiger partial charge in [-0.25, -0.2) is 4.79 Å². The molecule has 7 heteroatoms. The van der Waals surface area contributed by atoms with E-state index < -0.39 is 10.9 Å². The zero-order valence-corrected chi connectivity index (χ0v) is 15.6. The Morgan fingerprint density at radius 3 is 2.30 bits per heavy atom. The summed E-state index contributed by atoms with van der Waals surface area (Å²) in [5.74, 6) is 0.117. The van der Waals surface area contributed by atoms with Crippen molar-refractivity contribution in [2.45, 2.75) is 0 Å². The topological polar surface area (TPSA) is 78.7 Å². The largest absolute Gasteiger partial charge is 0.481 e. The Labute approximate surface area is 163 Å². The van der Waals surface area contributed by atoms with Crippen molar-refractivity contribution in [3.05, 3.63) is 87.4 Å². The Hall–Kier alpha value is -3.19. The fourth-order valence-electron chi connectivity index (χ4n) is 2.36. The maximum atomic E-state index is 11.9. The molecule has 0 aliphatic carbocycles. The minimum absolute atomic E-state index is 0.0755. The number of hydrogen-bond donors (Lipinski definition) is 0. The van der Waals surface area contributed by atoms with Gasteiger partial charge < -0.3 is 9.47 Å². The maximum absolute atomic E-state index is 11.9. The van der Waals surface area contributed by atoms with Crippen LogP contribution < -0.4 is 9.47 Å². The number of hydrogen-bond acceptors (Lipinski definition) is 5. The summed E-state index contributed by atoms with van der Waals surface area (Å²) in [6, 6.07) is 20.7. The van der Waals surface area contributed by atoms with E-state index >= 15 is 0 Å². The first-order valence-corrected chi connectivity index (χ1v) is 8.75. The molecule has 3 aromatic rings. The number of rotatable bonds is 6. The highest BCUT2D eigenvalue weighted by Gasteiger charge is 2.11. The van der Waals surface area contributed by atoms with E-state index in [1.54, 1.807) is 6.07 Å². The molecule has 0 bridgehead atoms. The Balaban J connectivity index is 1.59. The van der Waals surface area contributed by atoms with Gasteiger partial charge in [0.15, 0.2) is 6.61 Å². The summed E-state index contributed by atoms with van der Waals surface area (Å²) in [7, 11) is 0. The number of carbonyl (C=O) groups is 1. The van der Waals surface area contributed by atoms with Gasteiger partial charge in [-0.1, -0.05) is 36.4 Å².